The highest BCUT2D eigenvalue weighted by molar-refractivity contribution is 6.04. The highest BCUT2D eigenvalue weighted by Crippen LogP contribution is 2.16. The van der Waals surface area contributed by atoms with Crippen LogP contribution in [0.3, 0.4) is 0 Å². The van der Waals surface area contributed by atoms with Crippen LogP contribution in [0.4, 0.5) is 11.4 Å². The van der Waals surface area contributed by atoms with Crippen molar-refractivity contribution >= 4 is 17.3 Å². The Balaban J connectivity index is 1.88. The molecule has 122 valence electrons. The number of amides is 1. The summed E-state index contributed by atoms with van der Waals surface area (Å²) in [5.41, 5.74) is 2.46. The SMILES string of the molecule is CCCCCNc1ccc(NC(=O)c2ccc(OC)cc2)cc1. The van der Waals surface area contributed by atoms with Crippen molar-refractivity contribution in [1.82, 2.24) is 0 Å². The van der Waals surface area contributed by atoms with Crippen molar-refractivity contribution in [2.45, 2.75) is 26.2 Å². The number of rotatable bonds is 8. The number of nitrogens with one attached hydrogen (secondary N) is 2. The molecule has 2 rings (SSSR count). The molecular weight excluding hydrogens is 288 g/mol. The molecule has 2 aromatic carbocycles. The summed E-state index contributed by atoms with van der Waals surface area (Å²) < 4.78 is 5.09. The topological polar surface area (TPSA) is 50.4 Å². The fourth-order valence-electron chi connectivity index (χ4n) is 2.22. The van der Waals surface area contributed by atoms with Gasteiger partial charge in [0.05, 0.1) is 7.11 Å². The summed E-state index contributed by atoms with van der Waals surface area (Å²) in [5, 5.41) is 6.27. The molecule has 0 radical (unpaired) electrons. The zero-order valence-electron chi connectivity index (χ0n) is 13.8. The van der Waals surface area contributed by atoms with Crippen molar-refractivity contribution in [2.24, 2.45) is 0 Å². The maximum atomic E-state index is 12.2. The zero-order chi connectivity index (χ0) is 16.5. The fourth-order valence-corrected chi connectivity index (χ4v) is 2.22. The van der Waals surface area contributed by atoms with Crippen LogP contribution in [0.1, 0.15) is 36.5 Å². The predicted molar refractivity (Wildman–Crippen MR) is 95.4 cm³/mol. The number of ether oxygens (including phenoxy) is 1. The van der Waals surface area contributed by atoms with Gasteiger partial charge in [0.25, 0.3) is 5.91 Å². The van der Waals surface area contributed by atoms with Gasteiger partial charge in [-0.3, -0.25) is 4.79 Å². The standard InChI is InChI=1S/C19H24N2O2/c1-3-4-5-14-20-16-8-10-17(11-9-16)21-19(22)15-6-12-18(23-2)13-7-15/h6-13,20H,3-5,14H2,1-2H3,(H,21,22). The largest absolute Gasteiger partial charge is 0.497 e. The molecule has 0 aliphatic carbocycles. The van der Waals surface area contributed by atoms with Crippen LogP contribution in [0.5, 0.6) is 5.75 Å². The van der Waals surface area contributed by atoms with Crippen LogP contribution in [0.2, 0.25) is 0 Å². The second-order valence-corrected chi connectivity index (χ2v) is 5.39. The molecule has 0 saturated carbocycles. The average Bonchev–Trinajstić information content (AvgIpc) is 2.60. The highest BCUT2D eigenvalue weighted by atomic mass is 16.5. The normalized spacial score (nSPS) is 10.2. The summed E-state index contributed by atoms with van der Waals surface area (Å²) >= 11 is 0. The summed E-state index contributed by atoms with van der Waals surface area (Å²) in [7, 11) is 1.60. The Bertz CT molecular complexity index is 606. The van der Waals surface area contributed by atoms with Gasteiger partial charge in [0, 0.05) is 23.5 Å². The molecule has 0 heterocycles. The van der Waals surface area contributed by atoms with E-state index in [4.69, 9.17) is 4.74 Å². The molecule has 0 aliphatic heterocycles. The van der Waals surface area contributed by atoms with Gasteiger partial charge in [0.15, 0.2) is 0 Å². The first-order valence-electron chi connectivity index (χ1n) is 8.02. The first-order chi connectivity index (χ1) is 11.2. The van der Waals surface area contributed by atoms with Gasteiger partial charge >= 0.3 is 0 Å². The molecule has 4 heteroatoms. The maximum absolute atomic E-state index is 12.2. The van der Waals surface area contributed by atoms with Gasteiger partial charge in [0.1, 0.15) is 5.75 Å². The maximum Gasteiger partial charge on any atom is 0.255 e. The molecule has 0 unspecified atom stereocenters. The third kappa shape index (κ3) is 5.33. The van der Waals surface area contributed by atoms with Crippen molar-refractivity contribution in [3.63, 3.8) is 0 Å². The van der Waals surface area contributed by atoms with Crippen LogP contribution in [0.25, 0.3) is 0 Å². The number of benzene rings is 2. The first-order valence-corrected chi connectivity index (χ1v) is 8.02. The van der Waals surface area contributed by atoms with Crippen LogP contribution in [0, 0.1) is 0 Å². The van der Waals surface area contributed by atoms with Crippen molar-refractivity contribution in [3.05, 3.63) is 54.1 Å². The molecule has 2 aromatic rings. The number of hydrogen-bond donors (Lipinski definition) is 2. The van der Waals surface area contributed by atoms with Crippen molar-refractivity contribution in [2.75, 3.05) is 24.3 Å². The molecule has 0 aliphatic rings. The second-order valence-electron chi connectivity index (χ2n) is 5.39. The number of unbranched alkanes of at least 4 members (excludes halogenated alkanes) is 2. The molecule has 1 amide bonds. The lowest BCUT2D eigenvalue weighted by Crippen LogP contribution is -2.11. The van der Waals surface area contributed by atoms with E-state index >= 15 is 0 Å². The van der Waals surface area contributed by atoms with Gasteiger partial charge in [-0.05, 0) is 55.0 Å². The number of carbonyl (C=O) groups excluding carboxylic acids is 1. The van der Waals surface area contributed by atoms with Crippen LogP contribution >= 0.6 is 0 Å². The lowest BCUT2D eigenvalue weighted by atomic mass is 10.2. The smallest absolute Gasteiger partial charge is 0.255 e. The van der Waals surface area contributed by atoms with Gasteiger partial charge in [-0.15, -0.1) is 0 Å². The van der Waals surface area contributed by atoms with E-state index in [0.717, 1.165) is 23.7 Å². The summed E-state index contributed by atoms with van der Waals surface area (Å²) in [6.07, 6.45) is 3.63. The predicted octanol–water partition coefficient (Wildman–Crippen LogP) is 4.55. The van der Waals surface area contributed by atoms with Crippen molar-refractivity contribution < 1.29 is 9.53 Å². The van der Waals surface area contributed by atoms with Crippen LogP contribution < -0.4 is 15.4 Å². The molecule has 23 heavy (non-hydrogen) atoms. The van der Waals surface area contributed by atoms with Crippen LogP contribution in [-0.2, 0) is 0 Å². The van der Waals surface area contributed by atoms with E-state index in [0.29, 0.717) is 5.56 Å². The van der Waals surface area contributed by atoms with E-state index in [-0.39, 0.29) is 5.91 Å². The molecular formula is C19H24N2O2. The Morgan fingerprint density at radius 3 is 2.22 bits per heavy atom. The van der Waals surface area contributed by atoms with E-state index in [1.54, 1.807) is 31.4 Å². The third-order valence-electron chi connectivity index (χ3n) is 3.60. The Kier molecular flexibility index (Phi) is 6.48. The fraction of sp³-hybridized carbons (Fsp3) is 0.316. The average molecular weight is 312 g/mol. The molecule has 2 N–H and O–H groups in total. The molecule has 0 bridgehead atoms. The molecule has 0 saturated heterocycles. The number of anilines is 2. The molecule has 4 nitrogen and oxygen atoms in total. The van der Waals surface area contributed by atoms with Gasteiger partial charge in [-0.1, -0.05) is 19.8 Å². The minimum atomic E-state index is -0.128. The van der Waals surface area contributed by atoms with Crippen LogP contribution in [0.15, 0.2) is 48.5 Å². The number of carbonyl (C=O) groups is 1. The highest BCUT2D eigenvalue weighted by Gasteiger charge is 2.06. The van der Waals surface area contributed by atoms with Crippen LogP contribution in [-0.4, -0.2) is 19.6 Å². The lowest BCUT2D eigenvalue weighted by Gasteiger charge is -2.09. The third-order valence-corrected chi connectivity index (χ3v) is 3.60. The lowest BCUT2D eigenvalue weighted by molar-refractivity contribution is 0.102. The van der Waals surface area contributed by atoms with Gasteiger partial charge in [-0.2, -0.15) is 0 Å². The summed E-state index contributed by atoms with van der Waals surface area (Å²) in [6, 6.07) is 14.8. The second kappa shape index (κ2) is 8.83. The van der Waals surface area contributed by atoms with Gasteiger partial charge in [-0.25, -0.2) is 0 Å². The summed E-state index contributed by atoms with van der Waals surface area (Å²) in [5.74, 6) is 0.608. The number of hydrogen-bond acceptors (Lipinski definition) is 3. The van der Waals surface area contributed by atoms with Gasteiger partial charge < -0.3 is 15.4 Å². The zero-order valence-corrected chi connectivity index (χ0v) is 13.8. The summed E-state index contributed by atoms with van der Waals surface area (Å²) in [6.45, 7) is 3.17. The first kappa shape index (κ1) is 16.9. The number of methoxy groups -OCH3 is 1. The Labute approximate surface area is 137 Å². The summed E-state index contributed by atoms with van der Waals surface area (Å²) in [4.78, 5) is 12.2. The molecule has 0 aromatic heterocycles. The van der Waals surface area contributed by atoms with Crippen molar-refractivity contribution in [3.8, 4) is 5.75 Å². The van der Waals surface area contributed by atoms with Gasteiger partial charge in [0.2, 0.25) is 0 Å². The van der Waals surface area contributed by atoms with E-state index in [2.05, 4.69) is 17.6 Å². The molecule has 0 fully saturated rings. The Morgan fingerprint density at radius 1 is 0.957 bits per heavy atom. The Morgan fingerprint density at radius 2 is 1.61 bits per heavy atom. The minimum Gasteiger partial charge on any atom is -0.497 e. The quantitative estimate of drug-likeness (QED) is 0.703. The monoisotopic (exact) mass is 312 g/mol. The van der Waals surface area contributed by atoms with E-state index < -0.39 is 0 Å². The molecule has 0 atom stereocenters. The van der Waals surface area contributed by atoms with E-state index in [1.165, 1.54) is 19.3 Å². The van der Waals surface area contributed by atoms with E-state index in [1.807, 2.05) is 24.3 Å². The van der Waals surface area contributed by atoms with E-state index in [9.17, 15) is 4.79 Å². The molecule has 0 spiro atoms. The minimum absolute atomic E-state index is 0.128. The Hall–Kier alpha value is -2.49. The van der Waals surface area contributed by atoms with Crippen molar-refractivity contribution in [1.29, 1.82) is 0 Å².